The van der Waals surface area contributed by atoms with Crippen LogP contribution in [0.15, 0.2) is 18.2 Å². The van der Waals surface area contributed by atoms with Crippen LogP contribution in [0.4, 0.5) is 11.4 Å². The van der Waals surface area contributed by atoms with Crippen LogP contribution < -0.4 is 11.1 Å². The van der Waals surface area contributed by atoms with E-state index in [9.17, 15) is 4.79 Å². The lowest BCUT2D eigenvalue weighted by Gasteiger charge is -2.18. The molecule has 4 nitrogen and oxygen atoms in total. The summed E-state index contributed by atoms with van der Waals surface area (Å²) < 4.78 is 0. The molecule has 2 rings (SSSR count). The SMILES string of the molecule is CCC[C@@H](C)Nc1ccc(C(=O)N2CCCC2)cc1N. The monoisotopic (exact) mass is 275 g/mol. The van der Waals surface area contributed by atoms with Crippen molar-refractivity contribution >= 4 is 17.3 Å². The van der Waals surface area contributed by atoms with Crippen molar-refractivity contribution in [2.24, 2.45) is 0 Å². The van der Waals surface area contributed by atoms with Gasteiger partial charge in [-0.05, 0) is 44.4 Å². The average Bonchev–Trinajstić information content (AvgIpc) is 2.94. The summed E-state index contributed by atoms with van der Waals surface area (Å²) in [6.07, 6.45) is 4.46. The molecule has 20 heavy (non-hydrogen) atoms. The molecule has 110 valence electrons. The van der Waals surface area contributed by atoms with Crippen LogP contribution in [0.2, 0.25) is 0 Å². The normalized spacial score (nSPS) is 16.2. The number of nitrogens with zero attached hydrogens (tertiary/aromatic N) is 1. The fourth-order valence-electron chi connectivity index (χ4n) is 2.70. The summed E-state index contributed by atoms with van der Waals surface area (Å²) in [4.78, 5) is 14.2. The third-order valence-electron chi connectivity index (χ3n) is 3.82. The van der Waals surface area contributed by atoms with Crippen molar-refractivity contribution in [3.05, 3.63) is 23.8 Å². The first-order chi connectivity index (χ1) is 9.61. The maximum atomic E-state index is 12.3. The molecule has 1 atom stereocenters. The maximum absolute atomic E-state index is 12.3. The first-order valence-corrected chi connectivity index (χ1v) is 7.57. The van der Waals surface area contributed by atoms with Crippen LogP contribution in [0.1, 0.15) is 49.9 Å². The van der Waals surface area contributed by atoms with Crippen LogP contribution in [0, 0.1) is 0 Å². The summed E-state index contributed by atoms with van der Waals surface area (Å²) >= 11 is 0. The summed E-state index contributed by atoms with van der Waals surface area (Å²) in [6.45, 7) is 6.05. The second-order valence-electron chi connectivity index (χ2n) is 5.64. The predicted molar refractivity (Wildman–Crippen MR) is 84.0 cm³/mol. The lowest BCUT2D eigenvalue weighted by molar-refractivity contribution is 0.0793. The quantitative estimate of drug-likeness (QED) is 0.812. The molecule has 0 bridgehead atoms. The zero-order valence-electron chi connectivity index (χ0n) is 12.5. The van der Waals surface area contributed by atoms with Gasteiger partial charge in [-0.25, -0.2) is 0 Å². The van der Waals surface area contributed by atoms with E-state index in [1.54, 1.807) is 6.07 Å². The molecular formula is C16H25N3O. The molecule has 1 heterocycles. The molecule has 0 radical (unpaired) electrons. The van der Waals surface area contributed by atoms with E-state index in [1.165, 1.54) is 0 Å². The van der Waals surface area contributed by atoms with Crippen molar-refractivity contribution in [2.75, 3.05) is 24.1 Å². The van der Waals surface area contributed by atoms with E-state index in [4.69, 9.17) is 5.73 Å². The maximum Gasteiger partial charge on any atom is 0.253 e. The van der Waals surface area contributed by atoms with E-state index in [0.29, 0.717) is 17.3 Å². The molecule has 1 aliphatic heterocycles. The number of nitrogen functional groups attached to an aromatic ring is 1. The van der Waals surface area contributed by atoms with E-state index < -0.39 is 0 Å². The smallest absolute Gasteiger partial charge is 0.253 e. The Morgan fingerprint density at radius 3 is 2.70 bits per heavy atom. The first kappa shape index (κ1) is 14.7. The number of rotatable bonds is 5. The fourth-order valence-corrected chi connectivity index (χ4v) is 2.70. The van der Waals surface area contributed by atoms with Gasteiger partial charge in [0.05, 0.1) is 11.4 Å². The molecule has 0 spiro atoms. The summed E-state index contributed by atoms with van der Waals surface area (Å²) in [5.74, 6) is 0.0994. The highest BCUT2D eigenvalue weighted by atomic mass is 16.2. The Kier molecular flexibility index (Phi) is 4.88. The number of nitrogens with one attached hydrogen (secondary N) is 1. The molecule has 1 saturated heterocycles. The van der Waals surface area contributed by atoms with Crippen molar-refractivity contribution in [1.82, 2.24) is 4.90 Å². The highest BCUT2D eigenvalue weighted by Gasteiger charge is 2.20. The van der Waals surface area contributed by atoms with Crippen molar-refractivity contribution in [3.8, 4) is 0 Å². The Hall–Kier alpha value is -1.71. The Labute approximate surface area is 121 Å². The first-order valence-electron chi connectivity index (χ1n) is 7.57. The van der Waals surface area contributed by atoms with Crippen LogP contribution in [0.3, 0.4) is 0 Å². The number of carbonyl (C=O) groups excluding carboxylic acids is 1. The molecule has 1 aromatic carbocycles. The lowest BCUT2D eigenvalue weighted by Crippen LogP contribution is -2.27. The Morgan fingerprint density at radius 1 is 1.40 bits per heavy atom. The van der Waals surface area contributed by atoms with Crippen molar-refractivity contribution < 1.29 is 4.79 Å². The Morgan fingerprint density at radius 2 is 2.10 bits per heavy atom. The minimum atomic E-state index is 0.0994. The number of anilines is 2. The topological polar surface area (TPSA) is 58.4 Å². The largest absolute Gasteiger partial charge is 0.397 e. The van der Waals surface area contributed by atoms with Gasteiger partial charge in [0.2, 0.25) is 0 Å². The lowest BCUT2D eigenvalue weighted by atomic mass is 10.1. The Balaban J connectivity index is 2.06. The van der Waals surface area contributed by atoms with Gasteiger partial charge in [-0.2, -0.15) is 0 Å². The Bertz CT molecular complexity index is 467. The molecule has 0 saturated carbocycles. The fraction of sp³-hybridized carbons (Fsp3) is 0.562. The van der Waals surface area contributed by atoms with Gasteiger partial charge in [-0.15, -0.1) is 0 Å². The zero-order valence-corrected chi connectivity index (χ0v) is 12.5. The minimum Gasteiger partial charge on any atom is -0.397 e. The summed E-state index contributed by atoms with van der Waals surface area (Å²) in [7, 11) is 0. The highest BCUT2D eigenvalue weighted by Crippen LogP contribution is 2.23. The van der Waals surface area contributed by atoms with Crippen LogP contribution in [-0.2, 0) is 0 Å². The van der Waals surface area contributed by atoms with Crippen LogP contribution in [-0.4, -0.2) is 29.9 Å². The van der Waals surface area contributed by atoms with Crippen molar-refractivity contribution in [3.63, 3.8) is 0 Å². The molecule has 4 heteroatoms. The van der Waals surface area contributed by atoms with E-state index >= 15 is 0 Å². The molecular weight excluding hydrogens is 250 g/mol. The molecule has 0 aliphatic carbocycles. The van der Waals surface area contributed by atoms with Crippen molar-refractivity contribution in [2.45, 2.75) is 45.6 Å². The summed E-state index contributed by atoms with van der Waals surface area (Å²) in [6, 6.07) is 5.98. The van der Waals surface area contributed by atoms with Crippen LogP contribution >= 0.6 is 0 Å². The van der Waals surface area contributed by atoms with E-state index in [1.807, 2.05) is 17.0 Å². The number of benzene rings is 1. The number of hydrogen-bond donors (Lipinski definition) is 2. The number of likely N-dealkylation sites (tertiary alicyclic amines) is 1. The van der Waals surface area contributed by atoms with Gasteiger partial charge in [0, 0.05) is 24.7 Å². The molecule has 1 fully saturated rings. The van der Waals surface area contributed by atoms with Gasteiger partial charge in [-0.3, -0.25) is 4.79 Å². The van der Waals surface area contributed by atoms with Gasteiger partial charge >= 0.3 is 0 Å². The summed E-state index contributed by atoms with van der Waals surface area (Å²) in [5.41, 5.74) is 8.33. The highest BCUT2D eigenvalue weighted by molar-refractivity contribution is 5.96. The number of hydrogen-bond acceptors (Lipinski definition) is 3. The van der Waals surface area contributed by atoms with E-state index in [-0.39, 0.29) is 5.91 Å². The van der Waals surface area contributed by atoms with Gasteiger partial charge in [0.15, 0.2) is 0 Å². The van der Waals surface area contributed by atoms with Gasteiger partial charge in [0.25, 0.3) is 5.91 Å². The van der Waals surface area contributed by atoms with E-state index in [0.717, 1.165) is 44.5 Å². The third kappa shape index (κ3) is 3.44. The molecule has 0 unspecified atom stereocenters. The molecule has 0 aromatic heterocycles. The molecule has 3 N–H and O–H groups in total. The number of nitrogens with two attached hydrogens (primary N) is 1. The standard InChI is InChI=1S/C16H25N3O/c1-3-6-12(2)18-15-8-7-13(11-14(15)17)16(20)19-9-4-5-10-19/h7-8,11-12,18H,3-6,9-10,17H2,1-2H3/t12-/m1/s1. The third-order valence-corrected chi connectivity index (χ3v) is 3.82. The minimum absolute atomic E-state index is 0.0994. The molecule has 1 amide bonds. The molecule has 1 aromatic rings. The number of amides is 1. The van der Waals surface area contributed by atoms with E-state index in [2.05, 4.69) is 19.2 Å². The predicted octanol–water partition coefficient (Wildman–Crippen LogP) is 3.11. The second kappa shape index (κ2) is 6.64. The molecule has 1 aliphatic rings. The summed E-state index contributed by atoms with van der Waals surface area (Å²) in [5, 5.41) is 3.40. The second-order valence-corrected chi connectivity index (χ2v) is 5.64. The van der Waals surface area contributed by atoms with Crippen LogP contribution in [0.5, 0.6) is 0 Å². The zero-order chi connectivity index (χ0) is 14.5. The van der Waals surface area contributed by atoms with Gasteiger partial charge in [-0.1, -0.05) is 13.3 Å². The van der Waals surface area contributed by atoms with Crippen molar-refractivity contribution in [1.29, 1.82) is 0 Å². The number of carbonyl (C=O) groups is 1. The van der Waals surface area contributed by atoms with Crippen LogP contribution in [0.25, 0.3) is 0 Å². The van der Waals surface area contributed by atoms with Gasteiger partial charge in [0.1, 0.15) is 0 Å². The van der Waals surface area contributed by atoms with Gasteiger partial charge < -0.3 is 16.0 Å². The average molecular weight is 275 g/mol.